The fraction of sp³-hybridized carbons (Fsp3) is 0.800. The highest BCUT2D eigenvalue weighted by molar-refractivity contribution is 7.15. The minimum atomic E-state index is -2.55. The number of alkyl halides is 2. The second kappa shape index (κ2) is 8.15. The van der Waals surface area contributed by atoms with Crippen molar-refractivity contribution < 1.29 is 13.6 Å². The Morgan fingerprint density at radius 1 is 1.21 bits per heavy atom. The molecule has 2 fully saturated rings. The molecule has 24 heavy (non-hydrogen) atoms. The van der Waals surface area contributed by atoms with Crippen LogP contribution in [0.15, 0.2) is 0 Å². The van der Waals surface area contributed by atoms with E-state index in [9.17, 15) is 13.6 Å². The van der Waals surface area contributed by atoms with Gasteiger partial charge in [0.25, 0.3) is 6.43 Å². The molecule has 0 radical (unpaired) electrons. The second-order valence-electron chi connectivity index (χ2n) is 6.32. The first-order valence-corrected chi connectivity index (χ1v) is 9.31. The number of carbonyl (C=O) groups is 1. The van der Waals surface area contributed by atoms with E-state index in [1.807, 2.05) is 4.90 Å². The lowest BCUT2D eigenvalue weighted by Gasteiger charge is -2.34. The molecule has 0 spiro atoms. The number of rotatable bonds is 6. The molecule has 1 N–H and O–H groups in total. The van der Waals surface area contributed by atoms with Crippen molar-refractivity contribution in [3.05, 3.63) is 5.01 Å². The number of nitrogens with one attached hydrogen (secondary N) is 1. The van der Waals surface area contributed by atoms with Crippen LogP contribution in [0, 0.1) is 5.92 Å². The lowest BCUT2D eigenvalue weighted by atomic mass is 10.1. The van der Waals surface area contributed by atoms with Crippen LogP contribution in [0.25, 0.3) is 0 Å². The number of halogens is 2. The number of anilines is 1. The Hall–Kier alpha value is -1.35. The minimum absolute atomic E-state index is 0.194. The van der Waals surface area contributed by atoms with E-state index in [1.165, 1.54) is 12.8 Å². The van der Waals surface area contributed by atoms with Gasteiger partial charge < -0.3 is 10.2 Å². The van der Waals surface area contributed by atoms with Crippen molar-refractivity contribution in [3.8, 4) is 0 Å². The van der Waals surface area contributed by atoms with Gasteiger partial charge in [0.1, 0.15) is 0 Å². The Labute approximate surface area is 144 Å². The maximum absolute atomic E-state index is 12.6. The van der Waals surface area contributed by atoms with Crippen LogP contribution in [0.4, 0.5) is 13.9 Å². The third kappa shape index (κ3) is 4.38. The summed E-state index contributed by atoms with van der Waals surface area (Å²) in [7, 11) is 0. The SMILES string of the molecule is O=C(NCCN1CCN(c2nnc(C(F)F)s2)CC1)C1CCCC1. The summed E-state index contributed by atoms with van der Waals surface area (Å²) in [6.07, 6.45) is 1.82. The van der Waals surface area contributed by atoms with Crippen molar-refractivity contribution in [3.63, 3.8) is 0 Å². The van der Waals surface area contributed by atoms with Crippen LogP contribution in [-0.2, 0) is 4.79 Å². The highest BCUT2D eigenvalue weighted by Crippen LogP contribution is 2.28. The lowest BCUT2D eigenvalue weighted by Crippen LogP contribution is -2.48. The quantitative estimate of drug-likeness (QED) is 0.841. The molecule has 134 valence electrons. The van der Waals surface area contributed by atoms with Crippen molar-refractivity contribution in [1.29, 1.82) is 0 Å². The Kier molecular flexibility index (Phi) is 5.94. The zero-order valence-corrected chi connectivity index (χ0v) is 14.4. The fourth-order valence-electron chi connectivity index (χ4n) is 3.27. The Morgan fingerprint density at radius 2 is 1.92 bits per heavy atom. The Balaban J connectivity index is 1.36. The van der Waals surface area contributed by atoms with Crippen LogP contribution in [0.2, 0.25) is 0 Å². The number of nitrogens with zero attached hydrogens (tertiary/aromatic N) is 4. The molecule has 0 aromatic carbocycles. The van der Waals surface area contributed by atoms with E-state index in [-0.39, 0.29) is 16.8 Å². The molecule has 3 rings (SSSR count). The molecule has 1 saturated carbocycles. The molecule has 0 atom stereocenters. The second-order valence-corrected chi connectivity index (χ2v) is 7.31. The van der Waals surface area contributed by atoms with Crippen LogP contribution in [0.1, 0.15) is 37.1 Å². The number of aromatic nitrogens is 2. The van der Waals surface area contributed by atoms with Crippen molar-refractivity contribution in [2.24, 2.45) is 5.92 Å². The van der Waals surface area contributed by atoms with Crippen molar-refractivity contribution in [1.82, 2.24) is 20.4 Å². The van der Waals surface area contributed by atoms with E-state index in [0.717, 1.165) is 56.9 Å². The molecule has 2 aliphatic rings. The minimum Gasteiger partial charge on any atom is -0.355 e. The van der Waals surface area contributed by atoms with Crippen molar-refractivity contribution in [2.75, 3.05) is 44.2 Å². The first kappa shape index (κ1) is 17.5. The molecule has 2 heterocycles. The van der Waals surface area contributed by atoms with Gasteiger partial charge in [0, 0.05) is 45.2 Å². The van der Waals surface area contributed by atoms with Gasteiger partial charge in [0.2, 0.25) is 11.0 Å². The van der Waals surface area contributed by atoms with Gasteiger partial charge in [-0.25, -0.2) is 8.78 Å². The van der Waals surface area contributed by atoms with Gasteiger partial charge in [-0.2, -0.15) is 0 Å². The van der Waals surface area contributed by atoms with Gasteiger partial charge in [-0.05, 0) is 12.8 Å². The maximum Gasteiger partial charge on any atom is 0.291 e. The van der Waals surface area contributed by atoms with Crippen LogP contribution in [0.5, 0.6) is 0 Å². The number of piperazine rings is 1. The first-order valence-electron chi connectivity index (χ1n) is 8.50. The van der Waals surface area contributed by atoms with Gasteiger partial charge in [0.15, 0.2) is 5.01 Å². The smallest absolute Gasteiger partial charge is 0.291 e. The van der Waals surface area contributed by atoms with E-state index in [4.69, 9.17) is 0 Å². The normalized spacial score (nSPS) is 20.0. The molecule has 1 aliphatic carbocycles. The monoisotopic (exact) mass is 359 g/mol. The topological polar surface area (TPSA) is 61.4 Å². The summed E-state index contributed by atoms with van der Waals surface area (Å²) in [5.41, 5.74) is 0. The van der Waals surface area contributed by atoms with Crippen LogP contribution in [-0.4, -0.2) is 60.3 Å². The van der Waals surface area contributed by atoms with E-state index in [1.54, 1.807) is 0 Å². The molecular formula is C15H23F2N5OS. The first-order chi connectivity index (χ1) is 11.6. The van der Waals surface area contributed by atoms with Crippen molar-refractivity contribution >= 4 is 22.4 Å². The molecule has 1 aromatic heterocycles. The van der Waals surface area contributed by atoms with Crippen molar-refractivity contribution in [2.45, 2.75) is 32.1 Å². The summed E-state index contributed by atoms with van der Waals surface area (Å²) in [5, 5.41) is 10.8. The summed E-state index contributed by atoms with van der Waals surface area (Å²) < 4.78 is 25.1. The molecular weight excluding hydrogens is 336 g/mol. The summed E-state index contributed by atoms with van der Waals surface area (Å²) in [6.45, 7) is 4.66. The van der Waals surface area contributed by atoms with Gasteiger partial charge >= 0.3 is 0 Å². The third-order valence-corrected chi connectivity index (χ3v) is 5.70. The molecule has 1 aliphatic heterocycles. The molecule has 1 amide bonds. The number of hydrogen-bond donors (Lipinski definition) is 1. The molecule has 0 unspecified atom stereocenters. The predicted octanol–water partition coefficient (Wildman–Crippen LogP) is 1.90. The fourth-order valence-corrected chi connectivity index (χ4v) is 4.03. The third-order valence-electron chi connectivity index (χ3n) is 4.71. The summed E-state index contributed by atoms with van der Waals surface area (Å²) in [4.78, 5) is 16.2. The zero-order chi connectivity index (χ0) is 16.9. The van der Waals surface area contributed by atoms with E-state index < -0.39 is 6.43 Å². The summed E-state index contributed by atoms with van der Waals surface area (Å²) in [5.74, 6) is 0.405. The summed E-state index contributed by atoms with van der Waals surface area (Å²) in [6, 6.07) is 0. The zero-order valence-electron chi connectivity index (χ0n) is 13.6. The Bertz CT molecular complexity index is 542. The molecule has 9 heteroatoms. The highest BCUT2D eigenvalue weighted by atomic mass is 32.1. The maximum atomic E-state index is 12.6. The standard InChI is InChI=1S/C15H23F2N5OS/c16-12(17)14-19-20-15(24-14)22-9-7-21(8-10-22)6-5-18-13(23)11-3-1-2-4-11/h11-12H,1-10H2,(H,18,23). The van der Waals surface area contributed by atoms with Crippen LogP contribution in [0.3, 0.4) is 0 Å². The number of amides is 1. The van der Waals surface area contributed by atoms with Crippen LogP contribution < -0.4 is 10.2 Å². The molecule has 1 aromatic rings. The molecule has 6 nitrogen and oxygen atoms in total. The predicted molar refractivity (Wildman–Crippen MR) is 88.5 cm³/mol. The number of carbonyl (C=O) groups excluding carboxylic acids is 1. The van der Waals surface area contributed by atoms with Gasteiger partial charge in [0.05, 0.1) is 0 Å². The van der Waals surface area contributed by atoms with E-state index in [0.29, 0.717) is 11.7 Å². The van der Waals surface area contributed by atoms with Gasteiger partial charge in [-0.3, -0.25) is 9.69 Å². The average molecular weight is 359 g/mol. The summed E-state index contributed by atoms with van der Waals surface area (Å²) >= 11 is 0.963. The van der Waals surface area contributed by atoms with Gasteiger partial charge in [-0.15, -0.1) is 10.2 Å². The largest absolute Gasteiger partial charge is 0.355 e. The van der Waals surface area contributed by atoms with E-state index in [2.05, 4.69) is 20.4 Å². The Morgan fingerprint density at radius 3 is 2.54 bits per heavy atom. The average Bonchev–Trinajstić information content (AvgIpc) is 3.27. The van der Waals surface area contributed by atoms with E-state index >= 15 is 0 Å². The van der Waals surface area contributed by atoms with Crippen LogP contribution >= 0.6 is 11.3 Å². The molecule has 0 bridgehead atoms. The molecule has 1 saturated heterocycles. The highest BCUT2D eigenvalue weighted by Gasteiger charge is 2.24. The number of hydrogen-bond acceptors (Lipinski definition) is 6. The van der Waals surface area contributed by atoms with Gasteiger partial charge in [-0.1, -0.05) is 24.2 Å². The lowest BCUT2D eigenvalue weighted by molar-refractivity contribution is -0.124.